The van der Waals surface area contributed by atoms with Crippen molar-refractivity contribution in [1.29, 1.82) is 0 Å². The molecule has 0 aliphatic heterocycles. The number of alkyl halides is 2. The van der Waals surface area contributed by atoms with Crippen molar-refractivity contribution < 1.29 is 18.1 Å². The molecule has 0 bridgehead atoms. The predicted molar refractivity (Wildman–Crippen MR) is 95.4 cm³/mol. The molecule has 0 saturated carbocycles. The first-order valence-electron chi connectivity index (χ1n) is 8.47. The van der Waals surface area contributed by atoms with E-state index in [2.05, 4.69) is 15.5 Å². The van der Waals surface area contributed by atoms with Crippen LogP contribution in [-0.4, -0.2) is 27.2 Å². The van der Waals surface area contributed by atoms with Gasteiger partial charge in [0.15, 0.2) is 5.58 Å². The first-order valence-corrected chi connectivity index (χ1v) is 8.47. The summed E-state index contributed by atoms with van der Waals surface area (Å²) in [5.41, 5.74) is 2.05. The molecule has 2 aromatic heterocycles. The van der Waals surface area contributed by atoms with Gasteiger partial charge in [-0.2, -0.15) is 8.78 Å². The number of para-hydroxylation sites is 3. The number of amides is 1. The molecule has 1 amide bonds. The van der Waals surface area contributed by atoms with Crippen LogP contribution in [0.1, 0.15) is 18.1 Å². The summed E-state index contributed by atoms with van der Waals surface area (Å²) in [6.07, 6.45) is 0.257. The van der Waals surface area contributed by atoms with E-state index in [1.807, 2.05) is 18.2 Å². The molecule has 2 heterocycles. The second kappa shape index (κ2) is 7.14. The zero-order valence-electron chi connectivity index (χ0n) is 14.2. The number of hydrogen-bond acceptors (Lipinski definition) is 4. The van der Waals surface area contributed by atoms with Gasteiger partial charge in [0.25, 0.3) is 0 Å². The number of nitrogens with zero attached hydrogens (tertiary/aromatic N) is 3. The Hall–Kier alpha value is -3.29. The molecule has 0 atom stereocenters. The number of aromatic nitrogens is 3. The monoisotopic (exact) mass is 370 g/mol. The highest BCUT2D eigenvalue weighted by Gasteiger charge is 2.17. The molecule has 0 saturated heterocycles. The Kier molecular flexibility index (Phi) is 4.53. The van der Waals surface area contributed by atoms with Gasteiger partial charge < -0.3 is 9.84 Å². The van der Waals surface area contributed by atoms with Gasteiger partial charge in [-0.1, -0.05) is 29.4 Å². The van der Waals surface area contributed by atoms with Crippen LogP contribution < -0.4 is 5.32 Å². The summed E-state index contributed by atoms with van der Waals surface area (Å²) >= 11 is 0. The van der Waals surface area contributed by atoms with E-state index < -0.39 is 6.55 Å². The molecule has 6 nitrogen and oxygen atoms in total. The number of hydrogen-bond donors (Lipinski definition) is 1. The fourth-order valence-electron chi connectivity index (χ4n) is 3.08. The van der Waals surface area contributed by atoms with Crippen LogP contribution in [0.15, 0.2) is 53.1 Å². The first-order chi connectivity index (χ1) is 13.1. The van der Waals surface area contributed by atoms with Gasteiger partial charge in [0, 0.05) is 18.4 Å². The van der Waals surface area contributed by atoms with Crippen molar-refractivity contribution in [3.63, 3.8) is 0 Å². The standard InChI is InChI=1S/C19H16F2N4O2/c20-19(21)25-15-7-3-2-6-13(15)23-17(25)9-10-22-18(26)11-14-12-5-1-4-8-16(12)27-24-14/h1-8,19H,9-11H2,(H,22,26). The van der Waals surface area contributed by atoms with E-state index in [4.69, 9.17) is 4.52 Å². The first kappa shape index (κ1) is 17.1. The van der Waals surface area contributed by atoms with E-state index in [0.29, 0.717) is 22.3 Å². The second-order valence-corrected chi connectivity index (χ2v) is 6.07. The van der Waals surface area contributed by atoms with E-state index in [1.165, 1.54) is 0 Å². The Labute approximate surface area is 152 Å². The summed E-state index contributed by atoms with van der Waals surface area (Å²) in [6.45, 7) is -2.49. The van der Waals surface area contributed by atoms with Crippen LogP contribution in [0, 0.1) is 0 Å². The molecule has 27 heavy (non-hydrogen) atoms. The van der Waals surface area contributed by atoms with E-state index in [9.17, 15) is 13.6 Å². The van der Waals surface area contributed by atoms with Crippen molar-refractivity contribution >= 4 is 27.9 Å². The summed E-state index contributed by atoms with van der Waals surface area (Å²) < 4.78 is 32.9. The Morgan fingerprint density at radius 2 is 1.93 bits per heavy atom. The summed E-state index contributed by atoms with van der Waals surface area (Å²) in [5, 5.41) is 7.43. The van der Waals surface area contributed by atoms with Gasteiger partial charge in [0.2, 0.25) is 5.91 Å². The zero-order valence-corrected chi connectivity index (χ0v) is 14.2. The maximum atomic E-state index is 13.4. The number of imidazole rings is 1. The van der Waals surface area contributed by atoms with Gasteiger partial charge in [-0.3, -0.25) is 9.36 Å². The summed E-state index contributed by atoms with van der Waals surface area (Å²) in [7, 11) is 0. The molecule has 0 fully saturated rings. The molecule has 138 valence electrons. The van der Waals surface area contributed by atoms with Crippen molar-refractivity contribution in [3.8, 4) is 0 Å². The number of halogens is 2. The van der Waals surface area contributed by atoms with Crippen molar-refractivity contribution in [2.45, 2.75) is 19.4 Å². The topological polar surface area (TPSA) is 73.0 Å². The Bertz CT molecular complexity index is 1100. The largest absolute Gasteiger partial charge is 0.356 e. The lowest BCUT2D eigenvalue weighted by atomic mass is 10.1. The summed E-state index contributed by atoms with van der Waals surface area (Å²) in [5.74, 6) is -0.0212. The minimum Gasteiger partial charge on any atom is -0.356 e. The van der Waals surface area contributed by atoms with E-state index >= 15 is 0 Å². The molecule has 0 spiro atoms. The van der Waals surface area contributed by atoms with Crippen LogP contribution >= 0.6 is 0 Å². The SMILES string of the molecule is O=C(Cc1noc2ccccc12)NCCc1nc2ccccc2n1C(F)F. The molecule has 0 aliphatic carbocycles. The number of carbonyl (C=O) groups is 1. The predicted octanol–water partition coefficient (Wildman–Crippen LogP) is 3.47. The van der Waals surface area contributed by atoms with Crippen molar-refractivity contribution in [3.05, 3.63) is 60.0 Å². The van der Waals surface area contributed by atoms with Crippen LogP contribution in [0.5, 0.6) is 0 Å². The van der Waals surface area contributed by atoms with Crippen molar-refractivity contribution in [2.75, 3.05) is 6.54 Å². The molecule has 4 aromatic rings. The lowest BCUT2D eigenvalue weighted by molar-refractivity contribution is -0.120. The molecule has 0 radical (unpaired) electrons. The van der Waals surface area contributed by atoms with Crippen molar-refractivity contribution in [2.24, 2.45) is 0 Å². The third kappa shape index (κ3) is 3.38. The highest BCUT2D eigenvalue weighted by atomic mass is 19.3. The molecule has 8 heteroatoms. The van der Waals surface area contributed by atoms with E-state index in [-0.39, 0.29) is 31.1 Å². The maximum absolute atomic E-state index is 13.4. The molecule has 4 rings (SSSR count). The second-order valence-electron chi connectivity index (χ2n) is 6.07. The fourth-order valence-corrected chi connectivity index (χ4v) is 3.08. The molecule has 1 N–H and O–H groups in total. The Morgan fingerprint density at radius 3 is 2.78 bits per heavy atom. The minimum atomic E-state index is -2.69. The maximum Gasteiger partial charge on any atom is 0.320 e. The van der Waals surface area contributed by atoms with Gasteiger partial charge in [0.05, 0.1) is 17.5 Å². The smallest absolute Gasteiger partial charge is 0.320 e. The number of fused-ring (bicyclic) bond motifs is 2. The van der Waals surface area contributed by atoms with Crippen LogP contribution in [0.25, 0.3) is 22.0 Å². The number of rotatable bonds is 6. The summed E-state index contributed by atoms with van der Waals surface area (Å²) in [4.78, 5) is 16.4. The molecular formula is C19H16F2N4O2. The van der Waals surface area contributed by atoms with E-state index in [0.717, 1.165) is 9.95 Å². The van der Waals surface area contributed by atoms with E-state index in [1.54, 1.807) is 30.3 Å². The van der Waals surface area contributed by atoms with Crippen LogP contribution in [0.3, 0.4) is 0 Å². The third-order valence-electron chi connectivity index (χ3n) is 4.31. The lowest BCUT2D eigenvalue weighted by Crippen LogP contribution is -2.28. The number of nitrogens with one attached hydrogen (secondary N) is 1. The fraction of sp³-hybridized carbons (Fsp3) is 0.211. The quantitative estimate of drug-likeness (QED) is 0.564. The average molecular weight is 370 g/mol. The van der Waals surface area contributed by atoms with Gasteiger partial charge in [0.1, 0.15) is 11.5 Å². The Morgan fingerprint density at radius 1 is 1.15 bits per heavy atom. The highest BCUT2D eigenvalue weighted by molar-refractivity contribution is 5.86. The number of carbonyl (C=O) groups excluding carboxylic acids is 1. The van der Waals surface area contributed by atoms with Crippen LogP contribution in [0.2, 0.25) is 0 Å². The molecule has 0 aliphatic rings. The highest BCUT2D eigenvalue weighted by Crippen LogP contribution is 2.23. The van der Waals surface area contributed by atoms with Gasteiger partial charge in [-0.05, 0) is 24.3 Å². The van der Waals surface area contributed by atoms with Crippen LogP contribution in [-0.2, 0) is 17.6 Å². The minimum absolute atomic E-state index is 0.0578. The third-order valence-corrected chi connectivity index (χ3v) is 4.31. The molecule has 0 unspecified atom stereocenters. The number of benzene rings is 2. The normalized spacial score (nSPS) is 11.5. The van der Waals surface area contributed by atoms with Gasteiger partial charge in [-0.15, -0.1) is 0 Å². The summed E-state index contributed by atoms with van der Waals surface area (Å²) in [6, 6.07) is 14.0. The van der Waals surface area contributed by atoms with Gasteiger partial charge in [-0.25, -0.2) is 4.98 Å². The van der Waals surface area contributed by atoms with Crippen molar-refractivity contribution in [1.82, 2.24) is 20.0 Å². The average Bonchev–Trinajstić information content (AvgIpc) is 3.23. The molecule has 2 aromatic carbocycles. The van der Waals surface area contributed by atoms with Gasteiger partial charge >= 0.3 is 6.55 Å². The molecular weight excluding hydrogens is 354 g/mol. The lowest BCUT2D eigenvalue weighted by Gasteiger charge is -2.08. The zero-order chi connectivity index (χ0) is 18.8. The van der Waals surface area contributed by atoms with Crippen LogP contribution in [0.4, 0.5) is 8.78 Å². The Balaban J connectivity index is 1.42.